The van der Waals surface area contributed by atoms with Crippen molar-refractivity contribution in [2.75, 3.05) is 13.6 Å². The van der Waals surface area contributed by atoms with Gasteiger partial charge < -0.3 is 10.4 Å². The number of fused-ring (bicyclic) bond motifs is 3. The molecule has 0 aliphatic heterocycles. The van der Waals surface area contributed by atoms with Crippen LogP contribution in [-0.2, 0) is 0 Å². The summed E-state index contributed by atoms with van der Waals surface area (Å²) in [5, 5.41) is 14.7. The SMILES string of the molecule is CCC1=CC(O)C2(CNC)CCC3C(C)(C)CCCC3(C)C2CC1. The van der Waals surface area contributed by atoms with Crippen molar-refractivity contribution in [2.45, 2.75) is 85.2 Å². The monoisotopic (exact) mass is 333 g/mol. The lowest BCUT2D eigenvalue weighted by molar-refractivity contribution is -0.160. The van der Waals surface area contributed by atoms with Crippen LogP contribution in [0.4, 0.5) is 0 Å². The summed E-state index contributed by atoms with van der Waals surface area (Å²) in [4.78, 5) is 0. The third-order valence-corrected chi connectivity index (χ3v) is 8.36. The van der Waals surface area contributed by atoms with Gasteiger partial charge in [-0.25, -0.2) is 0 Å². The molecule has 2 saturated carbocycles. The molecule has 0 aromatic carbocycles. The van der Waals surface area contributed by atoms with Crippen LogP contribution < -0.4 is 5.32 Å². The van der Waals surface area contributed by atoms with Crippen molar-refractivity contribution in [3.8, 4) is 0 Å². The number of hydrogen-bond acceptors (Lipinski definition) is 2. The Hall–Kier alpha value is -0.340. The van der Waals surface area contributed by atoms with Crippen molar-refractivity contribution < 1.29 is 5.11 Å². The quantitative estimate of drug-likeness (QED) is 0.718. The Morgan fingerprint density at radius 1 is 1.12 bits per heavy atom. The number of aliphatic hydroxyl groups is 1. The van der Waals surface area contributed by atoms with E-state index in [-0.39, 0.29) is 11.5 Å². The first-order valence-corrected chi connectivity index (χ1v) is 10.3. The maximum Gasteiger partial charge on any atom is 0.0794 e. The second-order valence-corrected chi connectivity index (χ2v) is 9.92. The molecule has 2 nitrogen and oxygen atoms in total. The number of rotatable bonds is 3. The first-order chi connectivity index (χ1) is 11.3. The third-order valence-electron chi connectivity index (χ3n) is 8.36. The topological polar surface area (TPSA) is 32.3 Å². The van der Waals surface area contributed by atoms with Gasteiger partial charge in [0.25, 0.3) is 0 Å². The van der Waals surface area contributed by atoms with Crippen LogP contribution in [0.2, 0.25) is 0 Å². The van der Waals surface area contributed by atoms with Crippen LogP contribution in [0, 0.1) is 28.1 Å². The highest BCUT2D eigenvalue weighted by Gasteiger charge is 2.61. The van der Waals surface area contributed by atoms with E-state index < -0.39 is 0 Å². The molecule has 0 saturated heterocycles. The minimum Gasteiger partial charge on any atom is -0.388 e. The van der Waals surface area contributed by atoms with Gasteiger partial charge in [0.1, 0.15) is 0 Å². The average Bonchev–Trinajstić information content (AvgIpc) is 2.65. The van der Waals surface area contributed by atoms with Gasteiger partial charge >= 0.3 is 0 Å². The molecule has 5 atom stereocenters. The molecule has 3 rings (SSSR count). The Morgan fingerprint density at radius 3 is 2.54 bits per heavy atom. The number of nitrogens with one attached hydrogen (secondary N) is 1. The summed E-state index contributed by atoms with van der Waals surface area (Å²) in [5.41, 5.74) is 2.35. The fourth-order valence-corrected chi connectivity index (χ4v) is 7.26. The lowest BCUT2D eigenvalue weighted by atomic mass is 9.42. The van der Waals surface area contributed by atoms with Crippen LogP contribution in [0.3, 0.4) is 0 Å². The largest absolute Gasteiger partial charge is 0.388 e. The van der Waals surface area contributed by atoms with E-state index >= 15 is 0 Å². The molecule has 2 heteroatoms. The van der Waals surface area contributed by atoms with E-state index in [9.17, 15) is 5.11 Å². The van der Waals surface area contributed by atoms with Crippen LogP contribution in [0.5, 0.6) is 0 Å². The highest BCUT2D eigenvalue weighted by molar-refractivity contribution is 5.19. The molecule has 5 unspecified atom stereocenters. The molecule has 0 heterocycles. The molecular weight excluding hydrogens is 294 g/mol. The lowest BCUT2D eigenvalue weighted by Crippen LogP contribution is -2.60. The highest BCUT2D eigenvalue weighted by Crippen LogP contribution is 2.66. The van der Waals surface area contributed by atoms with E-state index in [0.717, 1.165) is 18.9 Å². The normalized spacial score (nSPS) is 44.9. The van der Waals surface area contributed by atoms with Crippen LogP contribution in [0.25, 0.3) is 0 Å². The second kappa shape index (κ2) is 6.43. The van der Waals surface area contributed by atoms with Crippen LogP contribution >= 0.6 is 0 Å². The van der Waals surface area contributed by atoms with Gasteiger partial charge in [-0.2, -0.15) is 0 Å². The summed E-state index contributed by atoms with van der Waals surface area (Å²) in [6.07, 6.45) is 12.0. The summed E-state index contributed by atoms with van der Waals surface area (Å²) in [7, 11) is 2.06. The zero-order valence-corrected chi connectivity index (χ0v) is 16.6. The van der Waals surface area contributed by atoms with E-state index in [4.69, 9.17) is 0 Å². The van der Waals surface area contributed by atoms with Crippen molar-refractivity contribution in [1.29, 1.82) is 0 Å². The van der Waals surface area contributed by atoms with Crippen LogP contribution in [0.15, 0.2) is 11.6 Å². The summed E-state index contributed by atoms with van der Waals surface area (Å²) in [6.45, 7) is 10.8. The van der Waals surface area contributed by atoms with E-state index in [1.165, 1.54) is 50.5 Å². The maximum atomic E-state index is 11.3. The van der Waals surface area contributed by atoms with Crippen LogP contribution in [-0.4, -0.2) is 24.8 Å². The van der Waals surface area contributed by atoms with Gasteiger partial charge in [0, 0.05) is 12.0 Å². The Balaban J connectivity index is 2.04. The first kappa shape index (κ1) is 18.5. The minimum atomic E-state index is -0.282. The standard InChI is InChI=1S/C22H39NO/c1-6-16-8-9-18-21(4)12-7-11-20(2,3)17(21)10-13-22(18,15-23-5)19(24)14-16/h14,17-19,23-24H,6-13,15H2,1-5H3. The molecule has 2 fully saturated rings. The van der Waals surface area contributed by atoms with E-state index in [1.807, 2.05) is 0 Å². The molecule has 2 N–H and O–H groups in total. The zero-order valence-electron chi connectivity index (χ0n) is 16.6. The summed E-state index contributed by atoms with van der Waals surface area (Å²) >= 11 is 0. The average molecular weight is 334 g/mol. The van der Waals surface area contributed by atoms with Crippen molar-refractivity contribution in [1.82, 2.24) is 5.32 Å². The number of aliphatic hydroxyl groups excluding tert-OH is 1. The highest BCUT2D eigenvalue weighted by atomic mass is 16.3. The third kappa shape index (κ3) is 2.69. The van der Waals surface area contributed by atoms with Gasteiger partial charge in [-0.15, -0.1) is 0 Å². The van der Waals surface area contributed by atoms with E-state index in [2.05, 4.69) is 46.1 Å². The summed E-state index contributed by atoms with van der Waals surface area (Å²) in [5.74, 6) is 1.44. The fraction of sp³-hybridized carbons (Fsp3) is 0.909. The van der Waals surface area contributed by atoms with Gasteiger partial charge in [0.15, 0.2) is 0 Å². The van der Waals surface area contributed by atoms with Crippen molar-refractivity contribution >= 4 is 0 Å². The molecule has 0 aromatic heterocycles. The predicted molar refractivity (Wildman–Crippen MR) is 102 cm³/mol. The maximum absolute atomic E-state index is 11.3. The second-order valence-electron chi connectivity index (χ2n) is 9.92. The van der Waals surface area contributed by atoms with Crippen molar-refractivity contribution in [3.63, 3.8) is 0 Å². The van der Waals surface area contributed by atoms with Gasteiger partial charge in [0.2, 0.25) is 0 Å². The Kier molecular flexibility index (Phi) is 4.94. The Bertz CT molecular complexity index is 496. The Labute approximate surface area is 149 Å². The predicted octanol–water partition coefficient (Wildman–Crippen LogP) is 4.93. The molecule has 0 amide bonds. The molecule has 3 aliphatic rings. The summed E-state index contributed by atoms with van der Waals surface area (Å²) in [6, 6.07) is 0. The van der Waals surface area contributed by atoms with Gasteiger partial charge in [-0.1, -0.05) is 45.8 Å². The zero-order chi connectivity index (χ0) is 17.6. The molecule has 0 spiro atoms. The van der Waals surface area contributed by atoms with Crippen molar-refractivity contribution in [2.24, 2.45) is 28.1 Å². The fourth-order valence-electron chi connectivity index (χ4n) is 7.26. The molecule has 138 valence electrons. The van der Waals surface area contributed by atoms with Gasteiger partial charge in [0.05, 0.1) is 6.10 Å². The van der Waals surface area contributed by atoms with Gasteiger partial charge in [-0.3, -0.25) is 0 Å². The molecular formula is C22H39NO. The Morgan fingerprint density at radius 2 is 1.88 bits per heavy atom. The number of hydrogen-bond donors (Lipinski definition) is 2. The van der Waals surface area contributed by atoms with Crippen molar-refractivity contribution in [3.05, 3.63) is 11.6 Å². The summed E-state index contributed by atoms with van der Waals surface area (Å²) < 4.78 is 0. The first-order valence-electron chi connectivity index (χ1n) is 10.3. The molecule has 0 radical (unpaired) electrons. The lowest BCUT2D eigenvalue weighted by Gasteiger charge is -2.64. The smallest absolute Gasteiger partial charge is 0.0794 e. The molecule has 24 heavy (non-hydrogen) atoms. The molecule has 0 bridgehead atoms. The molecule has 3 aliphatic carbocycles. The van der Waals surface area contributed by atoms with E-state index in [1.54, 1.807) is 0 Å². The van der Waals surface area contributed by atoms with E-state index in [0.29, 0.717) is 16.7 Å². The van der Waals surface area contributed by atoms with Gasteiger partial charge in [-0.05, 0) is 74.7 Å². The van der Waals surface area contributed by atoms with Crippen LogP contribution in [0.1, 0.15) is 79.1 Å². The minimum absolute atomic E-state index is 0.0321. The number of allylic oxidation sites excluding steroid dienone is 1. The molecule has 0 aromatic rings.